The minimum absolute atomic E-state index is 0.215. The van der Waals surface area contributed by atoms with E-state index in [2.05, 4.69) is 15.6 Å². The number of ether oxygens (including phenoxy) is 1. The van der Waals surface area contributed by atoms with Crippen molar-refractivity contribution in [3.8, 4) is 0 Å². The van der Waals surface area contributed by atoms with Gasteiger partial charge in [-0.05, 0) is 49.3 Å². The number of thioether (sulfide) groups is 1. The molecule has 0 bridgehead atoms. The van der Waals surface area contributed by atoms with Crippen LogP contribution in [0.4, 0.5) is 4.39 Å². The highest BCUT2D eigenvalue weighted by atomic mass is 32.2. The molecule has 0 aliphatic carbocycles. The molecule has 4 nitrogen and oxygen atoms in total. The fourth-order valence-electron chi connectivity index (χ4n) is 2.46. The number of aliphatic imine (C=N–C) groups is 1. The highest BCUT2D eigenvalue weighted by Gasteiger charge is 2.14. The van der Waals surface area contributed by atoms with Gasteiger partial charge in [0.1, 0.15) is 5.82 Å². The Morgan fingerprint density at radius 1 is 1.41 bits per heavy atom. The van der Waals surface area contributed by atoms with Crippen molar-refractivity contribution < 1.29 is 9.13 Å². The number of halogens is 1. The number of benzene rings is 1. The molecule has 1 heterocycles. The van der Waals surface area contributed by atoms with Crippen molar-refractivity contribution in [3.05, 3.63) is 29.6 Å². The Morgan fingerprint density at radius 2 is 2.27 bits per heavy atom. The van der Waals surface area contributed by atoms with Gasteiger partial charge in [-0.2, -0.15) is 0 Å². The van der Waals surface area contributed by atoms with E-state index in [1.165, 1.54) is 12.5 Å². The molecule has 1 aromatic rings. The normalized spacial score (nSPS) is 19.0. The molecule has 1 aliphatic rings. The maximum absolute atomic E-state index is 13.4. The van der Waals surface area contributed by atoms with E-state index in [4.69, 9.17) is 4.74 Å². The molecule has 2 rings (SSSR count). The number of hydrogen-bond donors (Lipinski definition) is 2. The highest BCUT2D eigenvalue weighted by molar-refractivity contribution is 7.98. The molecule has 1 aliphatic heterocycles. The summed E-state index contributed by atoms with van der Waals surface area (Å²) in [5, 5.41) is 6.51. The van der Waals surface area contributed by atoms with Gasteiger partial charge < -0.3 is 15.4 Å². The molecular formula is C16H24FN3OS. The van der Waals surface area contributed by atoms with Crippen LogP contribution in [-0.2, 0) is 11.3 Å². The van der Waals surface area contributed by atoms with Gasteiger partial charge in [-0.15, -0.1) is 11.8 Å². The second kappa shape index (κ2) is 9.00. The van der Waals surface area contributed by atoms with E-state index in [0.717, 1.165) is 36.5 Å². The van der Waals surface area contributed by atoms with E-state index in [1.807, 2.05) is 12.3 Å². The van der Waals surface area contributed by atoms with E-state index in [1.54, 1.807) is 24.9 Å². The standard InChI is InChI=1S/C16H24FN3OS/c1-18-16(20-11-14-5-3-4-8-21-14)19-10-12-9-13(17)6-7-15(12)22-2/h6-7,9,14H,3-5,8,10-11H2,1-2H3,(H2,18,19,20). The number of nitrogens with zero attached hydrogens (tertiary/aromatic N) is 1. The average Bonchev–Trinajstić information content (AvgIpc) is 2.56. The number of rotatable bonds is 5. The maximum atomic E-state index is 13.4. The minimum Gasteiger partial charge on any atom is -0.376 e. The fourth-order valence-corrected chi connectivity index (χ4v) is 3.06. The lowest BCUT2D eigenvalue weighted by molar-refractivity contribution is 0.0194. The molecular weight excluding hydrogens is 301 g/mol. The average molecular weight is 325 g/mol. The molecule has 2 N–H and O–H groups in total. The van der Waals surface area contributed by atoms with Gasteiger partial charge in [0.25, 0.3) is 0 Å². The molecule has 1 fully saturated rings. The molecule has 0 spiro atoms. The monoisotopic (exact) mass is 325 g/mol. The molecule has 1 saturated heterocycles. The first-order valence-electron chi connectivity index (χ1n) is 7.61. The van der Waals surface area contributed by atoms with Crippen LogP contribution in [0.2, 0.25) is 0 Å². The number of nitrogens with one attached hydrogen (secondary N) is 2. The van der Waals surface area contributed by atoms with Gasteiger partial charge >= 0.3 is 0 Å². The van der Waals surface area contributed by atoms with Gasteiger partial charge in [-0.1, -0.05) is 0 Å². The van der Waals surface area contributed by atoms with Crippen molar-refractivity contribution >= 4 is 17.7 Å². The van der Waals surface area contributed by atoms with Crippen molar-refractivity contribution in [1.29, 1.82) is 0 Å². The van der Waals surface area contributed by atoms with Crippen molar-refractivity contribution in [2.75, 3.05) is 26.5 Å². The smallest absolute Gasteiger partial charge is 0.191 e. The van der Waals surface area contributed by atoms with Crippen LogP contribution in [0.1, 0.15) is 24.8 Å². The number of guanidine groups is 1. The molecule has 1 atom stereocenters. The van der Waals surface area contributed by atoms with Crippen LogP contribution in [0.3, 0.4) is 0 Å². The van der Waals surface area contributed by atoms with E-state index in [0.29, 0.717) is 12.5 Å². The molecule has 1 aromatic carbocycles. The molecule has 6 heteroatoms. The SMILES string of the molecule is CN=C(NCc1cc(F)ccc1SC)NCC1CCCCO1. The summed E-state index contributed by atoms with van der Waals surface area (Å²) >= 11 is 1.61. The summed E-state index contributed by atoms with van der Waals surface area (Å²) in [6, 6.07) is 4.86. The van der Waals surface area contributed by atoms with Crippen LogP contribution < -0.4 is 10.6 Å². The topological polar surface area (TPSA) is 45.7 Å². The molecule has 122 valence electrons. The van der Waals surface area contributed by atoms with Gasteiger partial charge in [-0.25, -0.2) is 4.39 Å². The van der Waals surface area contributed by atoms with Crippen molar-refractivity contribution in [3.63, 3.8) is 0 Å². The zero-order valence-corrected chi connectivity index (χ0v) is 14.0. The number of hydrogen-bond acceptors (Lipinski definition) is 3. The first-order chi connectivity index (χ1) is 10.7. The van der Waals surface area contributed by atoms with Gasteiger partial charge in [0.2, 0.25) is 0 Å². The molecule has 0 aromatic heterocycles. The Morgan fingerprint density at radius 3 is 2.95 bits per heavy atom. The van der Waals surface area contributed by atoms with Crippen LogP contribution in [0, 0.1) is 5.82 Å². The molecule has 22 heavy (non-hydrogen) atoms. The van der Waals surface area contributed by atoms with Gasteiger partial charge in [0.15, 0.2) is 5.96 Å². The highest BCUT2D eigenvalue weighted by Crippen LogP contribution is 2.21. The van der Waals surface area contributed by atoms with Gasteiger partial charge in [0, 0.05) is 31.6 Å². The third-order valence-corrected chi connectivity index (χ3v) is 4.52. The fraction of sp³-hybridized carbons (Fsp3) is 0.562. The third kappa shape index (κ3) is 5.18. The van der Waals surface area contributed by atoms with E-state index in [-0.39, 0.29) is 11.9 Å². The lowest BCUT2D eigenvalue weighted by Gasteiger charge is -2.23. The Kier molecular flexibility index (Phi) is 6.99. The van der Waals surface area contributed by atoms with Crippen molar-refractivity contribution in [2.24, 2.45) is 4.99 Å². The zero-order valence-electron chi connectivity index (χ0n) is 13.2. The quantitative estimate of drug-likeness (QED) is 0.496. The third-order valence-electron chi connectivity index (χ3n) is 3.68. The van der Waals surface area contributed by atoms with Gasteiger partial charge in [0.05, 0.1) is 6.10 Å². The lowest BCUT2D eigenvalue weighted by atomic mass is 10.1. The van der Waals surface area contributed by atoms with Gasteiger partial charge in [-0.3, -0.25) is 4.99 Å². The van der Waals surface area contributed by atoms with E-state index in [9.17, 15) is 4.39 Å². The second-order valence-electron chi connectivity index (χ2n) is 5.25. The summed E-state index contributed by atoms with van der Waals surface area (Å²) in [7, 11) is 1.73. The van der Waals surface area contributed by atoms with Crippen LogP contribution in [-0.4, -0.2) is 38.5 Å². The Labute approximate surface area is 135 Å². The summed E-state index contributed by atoms with van der Waals surface area (Å²) in [4.78, 5) is 5.27. The summed E-state index contributed by atoms with van der Waals surface area (Å²) in [6.07, 6.45) is 5.71. The predicted octanol–water partition coefficient (Wildman–Crippen LogP) is 2.78. The summed E-state index contributed by atoms with van der Waals surface area (Å²) in [6.45, 7) is 2.14. The van der Waals surface area contributed by atoms with Crippen molar-refractivity contribution in [2.45, 2.75) is 36.8 Å². The van der Waals surface area contributed by atoms with Crippen LogP contribution in [0.5, 0.6) is 0 Å². The van der Waals surface area contributed by atoms with Crippen molar-refractivity contribution in [1.82, 2.24) is 10.6 Å². The minimum atomic E-state index is -0.215. The Balaban J connectivity index is 1.84. The molecule has 0 radical (unpaired) electrons. The van der Waals surface area contributed by atoms with Crippen LogP contribution in [0.25, 0.3) is 0 Å². The summed E-state index contributed by atoms with van der Waals surface area (Å²) in [5.41, 5.74) is 0.935. The second-order valence-corrected chi connectivity index (χ2v) is 6.10. The van der Waals surface area contributed by atoms with Crippen LogP contribution in [0.15, 0.2) is 28.1 Å². The molecule has 0 amide bonds. The van der Waals surface area contributed by atoms with E-state index >= 15 is 0 Å². The molecule has 1 unspecified atom stereocenters. The maximum Gasteiger partial charge on any atom is 0.191 e. The Bertz CT molecular complexity index is 504. The zero-order chi connectivity index (χ0) is 15.8. The Hall–Kier alpha value is -1.27. The van der Waals surface area contributed by atoms with E-state index < -0.39 is 0 Å². The first kappa shape index (κ1) is 17.1. The summed E-state index contributed by atoms with van der Waals surface area (Å²) < 4.78 is 19.1. The molecule has 0 saturated carbocycles. The largest absolute Gasteiger partial charge is 0.376 e. The first-order valence-corrected chi connectivity index (χ1v) is 8.84. The van der Waals surface area contributed by atoms with Crippen LogP contribution >= 0.6 is 11.8 Å². The summed E-state index contributed by atoms with van der Waals surface area (Å²) in [5.74, 6) is 0.499. The predicted molar refractivity (Wildman–Crippen MR) is 90.0 cm³/mol. The lowest BCUT2D eigenvalue weighted by Crippen LogP contribution is -2.42.